The van der Waals surface area contributed by atoms with Gasteiger partial charge in [0, 0.05) is 44.5 Å². The van der Waals surface area contributed by atoms with Crippen LogP contribution in [0.4, 0.5) is 29.0 Å². The lowest BCUT2D eigenvalue weighted by Crippen LogP contribution is -2.43. The molecule has 4 aromatic heterocycles. The summed E-state index contributed by atoms with van der Waals surface area (Å²) in [7, 11) is 1.78. The van der Waals surface area contributed by atoms with Crippen molar-refractivity contribution in [3.63, 3.8) is 0 Å². The second-order valence-electron chi connectivity index (χ2n) is 10.8. The average Bonchev–Trinajstić information content (AvgIpc) is 3.41. The molecule has 0 radical (unpaired) electrons. The second kappa shape index (κ2) is 11.5. The van der Waals surface area contributed by atoms with Gasteiger partial charge in [-0.05, 0) is 58.4 Å². The number of likely N-dealkylation sites (tertiary alicyclic amines) is 1. The van der Waals surface area contributed by atoms with Crippen molar-refractivity contribution in [3.05, 3.63) is 48.0 Å². The summed E-state index contributed by atoms with van der Waals surface area (Å²) in [6.07, 6.45) is 7.16. The molecule has 214 valence electrons. The average molecular weight is 558 g/mol. The van der Waals surface area contributed by atoms with Gasteiger partial charge in [0.1, 0.15) is 5.82 Å². The van der Waals surface area contributed by atoms with E-state index in [1.54, 1.807) is 42.5 Å². The molecular weight excluding hydrogens is 522 g/mol. The fourth-order valence-electron chi connectivity index (χ4n) is 5.02. The number of amides is 2. The van der Waals surface area contributed by atoms with Crippen LogP contribution in [0.1, 0.15) is 49.7 Å². The SMILES string of the molecule is CC(=O)Nc1cncc(Nc2ncc3c(Nc4nc(C)ccc4C(=O)NCCN4CCCC4(C)C)nn(C)c3n2)c1. The summed E-state index contributed by atoms with van der Waals surface area (Å²) in [5.41, 5.74) is 3.10. The van der Waals surface area contributed by atoms with Crippen LogP contribution in [0.2, 0.25) is 0 Å². The maximum absolute atomic E-state index is 13.2. The zero-order valence-corrected chi connectivity index (χ0v) is 23.9. The molecule has 4 N–H and O–H groups in total. The Hall–Kier alpha value is -4.65. The fourth-order valence-corrected chi connectivity index (χ4v) is 5.02. The number of rotatable bonds is 9. The first-order valence-electron chi connectivity index (χ1n) is 13.6. The highest BCUT2D eigenvalue weighted by molar-refractivity contribution is 6.00. The van der Waals surface area contributed by atoms with Crippen molar-refractivity contribution in [1.82, 2.24) is 39.9 Å². The van der Waals surface area contributed by atoms with Crippen LogP contribution in [-0.4, -0.2) is 71.6 Å². The number of aromatic nitrogens is 6. The van der Waals surface area contributed by atoms with Crippen LogP contribution in [0.3, 0.4) is 0 Å². The molecule has 1 saturated heterocycles. The smallest absolute Gasteiger partial charge is 0.255 e. The molecule has 1 aliphatic rings. The molecule has 1 fully saturated rings. The van der Waals surface area contributed by atoms with Gasteiger partial charge >= 0.3 is 0 Å². The number of nitrogens with one attached hydrogen (secondary N) is 4. The molecule has 13 heteroatoms. The number of aryl methyl sites for hydroxylation is 2. The van der Waals surface area contributed by atoms with Crippen molar-refractivity contribution >= 4 is 51.8 Å². The number of carbonyl (C=O) groups is 2. The predicted molar refractivity (Wildman–Crippen MR) is 158 cm³/mol. The number of fused-ring (bicyclic) bond motifs is 1. The van der Waals surface area contributed by atoms with E-state index in [0.29, 0.717) is 52.1 Å². The van der Waals surface area contributed by atoms with Gasteiger partial charge in [-0.15, -0.1) is 0 Å². The molecule has 41 heavy (non-hydrogen) atoms. The molecule has 0 unspecified atom stereocenters. The first-order chi connectivity index (χ1) is 19.6. The van der Waals surface area contributed by atoms with Gasteiger partial charge in [-0.2, -0.15) is 10.1 Å². The fraction of sp³-hybridized carbons (Fsp3) is 0.393. The maximum atomic E-state index is 13.2. The molecule has 0 bridgehead atoms. The van der Waals surface area contributed by atoms with Crippen LogP contribution in [0.15, 0.2) is 36.8 Å². The minimum absolute atomic E-state index is 0.161. The van der Waals surface area contributed by atoms with E-state index >= 15 is 0 Å². The molecule has 0 atom stereocenters. The third kappa shape index (κ3) is 6.40. The van der Waals surface area contributed by atoms with Crippen LogP contribution < -0.4 is 21.3 Å². The highest BCUT2D eigenvalue weighted by Gasteiger charge is 2.31. The normalized spacial score (nSPS) is 14.7. The molecule has 0 aliphatic carbocycles. The number of pyridine rings is 2. The Morgan fingerprint density at radius 3 is 2.61 bits per heavy atom. The Bertz CT molecular complexity index is 1600. The van der Waals surface area contributed by atoms with Crippen molar-refractivity contribution in [3.8, 4) is 0 Å². The van der Waals surface area contributed by atoms with Crippen molar-refractivity contribution < 1.29 is 9.59 Å². The van der Waals surface area contributed by atoms with Gasteiger partial charge in [0.25, 0.3) is 5.91 Å². The number of hydrogen-bond donors (Lipinski definition) is 4. The second-order valence-corrected chi connectivity index (χ2v) is 10.8. The highest BCUT2D eigenvalue weighted by Crippen LogP contribution is 2.28. The number of nitrogens with zero attached hydrogens (tertiary/aromatic N) is 7. The highest BCUT2D eigenvalue weighted by atomic mass is 16.2. The number of anilines is 5. The van der Waals surface area contributed by atoms with Gasteiger partial charge < -0.3 is 21.3 Å². The van der Waals surface area contributed by atoms with Crippen LogP contribution >= 0.6 is 0 Å². The van der Waals surface area contributed by atoms with E-state index in [4.69, 9.17) is 0 Å². The standard InChI is InChI=1S/C28H35N11O2/c1-17-7-8-21(26(41)30-10-12-39-11-6-9-28(39,3)4)23(32-17)35-24-22-16-31-27(36-25(22)38(5)37-24)34-20-13-19(14-29-15-20)33-18(2)40/h7-8,13-16H,6,9-12H2,1-5H3,(H,30,41)(H,33,40)(H,31,34,36)(H,32,35,37). The zero-order chi connectivity index (χ0) is 29.1. The number of carbonyl (C=O) groups excluding carboxylic acids is 2. The zero-order valence-electron chi connectivity index (χ0n) is 23.9. The lowest BCUT2D eigenvalue weighted by Gasteiger charge is -2.31. The Labute approximate surface area is 238 Å². The Balaban J connectivity index is 1.32. The van der Waals surface area contributed by atoms with Crippen LogP contribution in [0.5, 0.6) is 0 Å². The third-order valence-electron chi connectivity index (χ3n) is 7.15. The molecule has 2 amide bonds. The largest absolute Gasteiger partial charge is 0.351 e. The molecule has 13 nitrogen and oxygen atoms in total. The van der Waals surface area contributed by atoms with Gasteiger partial charge in [0.15, 0.2) is 11.5 Å². The van der Waals surface area contributed by atoms with Gasteiger partial charge in [-0.25, -0.2) is 14.6 Å². The van der Waals surface area contributed by atoms with Crippen molar-refractivity contribution in [2.24, 2.45) is 7.05 Å². The van der Waals surface area contributed by atoms with Crippen molar-refractivity contribution in [2.45, 2.75) is 46.1 Å². The predicted octanol–water partition coefficient (Wildman–Crippen LogP) is 3.51. The molecule has 0 saturated carbocycles. The summed E-state index contributed by atoms with van der Waals surface area (Å²) in [6, 6.07) is 5.32. The van der Waals surface area contributed by atoms with Gasteiger partial charge in [0.2, 0.25) is 11.9 Å². The molecule has 4 aromatic rings. The monoisotopic (exact) mass is 557 g/mol. The topological polar surface area (TPSA) is 155 Å². The van der Waals surface area contributed by atoms with E-state index in [9.17, 15) is 9.59 Å². The number of hydrogen-bond acceptors (Lipinski definition) is 10. The molecule has 5 rings (SSSR count). The summed E-state index contributed by atoms with van der Waals surface area (Å²) in [5.74, 6) is 0.839. The van der Waals surface area contributed by atoms with Gasteiger partial charge in [0.05, 0.1) is 34.7 Å². The molecule has 1 aliphatic heterocycles. The maximum Gasteiger partial charge on any atom is 0.255 e. The Morgan fingerprint density at radius 2 is 1.85 bits per heavy atom. The lowest BCUT2D eigenvalue weighted by atomic mass is 10.0. The lowest BCUT2D eigenvalue weighted by molar-refractivity contribution is -0.114. The van der Waals surface area contributed by atoms with E-state index in [2.05, 4.69) is 65.0 Å². The Kier molecular flexibility index (Phi) is 7.79. The van der Waals surface area contributed by atoms with E-state index in [1.165, 1.54) is 19.8 Å². The van der Waals surface area contributed by atoms with E-state index in [1.807, 2.05) is 13.0 Å². The van der Waals surface area contributed by atoms with Crippen molar-refractivity contribution in [2.75, 3.05) is 35.6 Å². The molecule has 5 heterocycles. The summed E-state index contributed by atoms with van der Waals surface area (Å²) in [5, 5.41) is 17.3. The minimum Gasteiger partial charge on any atom is -0.351 e. The van der Waals surface area contributed by atoms with Gasteiger partial charge in [-0.3, -0.25) is 19.5 Å². The molecule has 0 aromatic carbocycles. The van der Waals surface area contributed by atoms with E-state index in [0.717, 1.165) is 18.8 Å². The van der Waals surface area contributed by atoms with Crippen LogP contribution in [0.25, 0.3) is 11.0 Å². The third-order valence-corrected chi connectivity index (χ3v) is 7.15. The minimum atomic E-state index is -0.199. The van der Waals surface area contributed by atoms with Crippen molar-refractivity contribution in [1.29, 1.82) is 0 Å². The van der Waals surface area contributed by atoms with Crippen LogP contribution in [-0.2, 0) is 11.8 Å². The summed E-state index contributed by atoms with van der Waals surface area (Å²) in [4.78, 5) is 44.7. The molecule has 0 spiro atoms. The van der Waals surface area contributed by atoms with Gasteiger partial charge in [-0.1, -0.05) is 0 Å². The summed E-state index contributed by atoms with van der Waals surface area (Å²) < 4.78 is 1.63. The quantitative estimate of drug-likeness (QED) is 0.240. The van der Waals surface area contributed by atoms with E-state index < -0.39 is 0 Å². The van der Waals surface area contributed by atoms with E-state index in [-0.39, 0.29) is 17.4 Å². The molecular formula is C28H35N11O2. The Morgan fingerprint density at radius 1 is 1.05 bits per heavy atom. The van der Waals surface area contributed by atoms with Crippen LogP contribution in [0, 0.1) is 6.92 Å². The first-order valence-corrected chi connectivity index (χ1v) is 13.6. The summed E-state index contributed by atoms with van der Waals surface area (Å²) in [6.45, 7) is 10.2. The summed E-state index contributed by atoms with van der Waals surface area (Å²) >= 11 is 0. The first kappa shape index (κ1) is 27.9.